The second kappa shape index (κ2) is 3.88. The van der Waals surface area contributed by atoms with Crippen molar-refractivity contribution in [2.24, 2.45) is 5.10 Å². The van der Waals surface area contributed by atoms with E-state index in [9.17, 15) is 9.59 Å². The number of anilines is 1. The molecule has 1 aliphatic carbocycles. The monoisotopic (exact) mass is 251 g/mol. The van der Waals surface area contributed by atoms with Gasteiger partial charge in [-0.25, -0.2) is 10.4 Å². The van der Waals surface area contributed by atoms with Gasteiger partial charge in [-0.1, -0.05) is 0 Å². The molecule has 1 aromatic rings. The molecule has 0 spiro atoms. The molecule has 2 heterocycles. The highest BCUT2D eigenvalue weighted by Crippen LogP contribution is 2.39. The maximum Gasteiger partial charge on any atom is 0.274 e. The van der Waals surface area contributed by atoms with Crippen LogP contribution in [0.3, 0.4) is 0 Å². The molecule has 1 saturated carbocycles. The predicted octanol–water partition coefficient (Wildman–Crippen LogP) is 0.230. The summed E-state index contributed by atoms with van der Waals surface area (Å²) in [6.45, 7) is 0. The van der Waals surface area contributed by atoms with E-state index in [0.29, 0.717) is 11.0 Å². The first-order chi connectivity index (χ1) is 8.22. The molecule has 0 bridgehead atoms. The van der Waals surface area contributed by atoms with Crippen LogP contribution < -0.4 is 10.7 Å². The summed E-state index contributed by atoms with van der Waals surface area (Å²) in [5.74, 6) is 0.588. The van der Waals surface area contributed by atoms with Gasteiger partial charge in [0.05, 0.1) is 6.42 Å². The van der Waals surface area contributed by atoms with Gasteiger partial charge in [0.15, 0.2) is 0 Å². The van der Waals surface area contributed by atoms with E-state index in [4.69, 9.17) is 0 Å². The van der Waals surface area contributed by atoms with Crippen LogP contribution in [0.25, 0.3) is 0 Å². The number of aromatic nitrogens is 2. The molecule has 0 saturated heterocycles. The number of hydrogen-bond acceptors (Lipinski definition) is 6. The molecule has 0 aromatic carbocycles. The van der Waals surface area contributed by atoms with Crippen LogP contribution >= 0.6 is 11.5 Å². The fourth-order valence-electron chi connectivity index (χ4n) is 1.45. The summed E-state index contributed by atoms with van der Waals surface area (Å²) in [5.41, 5.74) is 2.40. The number of amides is 2. The highest BCUT2D eigenvalue weighted by Gasteiger charge is 2.28. The van der Waals surface area contributed by atoms with Gasteiger partial charge in [0, 0.05) is 17.5 Å². The summed E-state index contributed by atoms with van der Waals surface area (Å²) in [4.78, 5) is 26.8. The highest BCUT2D eigenvalue weighted by molar-refractivity contribution is 7.10. The lowest BCUT2D eigenvalue weighted by Crippen LogP contribution is -2.22. The molecule has 2 N–H and O–H groups in total. The van der Waals surface area contributed by atoms with E-state index < -0.39 is 5.91 Å². The van der Waals surface area contributed by atoms with Crippen molar-refractivity contribution in [1.29, 1.82) is 0 Å². The molecule has 2 amide bonds. The van der Waals surface area contributed by atoms with E-state index in [1.165, 1.54) is 0 Å². The molecule has 1 aromatic heterocycles. The molecule has 0 unspecified atom stereocenters. The Labute approximate surface area is 100 Å². The van der Waals surface area contributed by atoms with Crippen molar-refractivity contribution in [3.63, 3.8) is 0 Å². The van der Waals surface area contributed by atoms with Gasteiger partial charge < -0.3 is 0 Å². The van der Waals surface area contributed by atoms with Crippen molar-refractivity contribution in [2.45, 2.75) is 25.2 Å². The van der Waals surface area contributed by atoms with Crippen LogP contribution in [0.1, 0.15) is 31.0 Å². The lowest BCUT2D eigenvalue weighted by molar-refractivity contribution is -0.119. The zero-order valence-corrected chi connectivity index (χ0v) is 9.58. The van der Waals surface area contributed by atoms with Gasteiger partial charge in [-0.15, -0.1) is 0 Å². The van der Waals surface area contributed by atoms with Crippen LogP contribution in [0.5, 0.6) is 0 Å². The first-order valence-corrected chi connectivity index (χ1v) is 6.00. The smallest absolute Gasteiger partial charge is 0.274 e. The van der Waals surface area contributed by atoms with Gasteiger partial charge in [0.2, 0.25) is 11.0 Å². The van der Waals surface area contributed by atoms with E-state index in [0.717, 1.165) is 30.2 Å². The predicted molar refractivity (Wildman–Crippen MR) is 60.7 cm³/mol. The maximum absolute atomic E-state index is 11.7. The van der Waals surface area contributed by atoms with Crippen LogP contribution in [0.15, 0.2) is 5.10 Å². The van der Waals surface area contributed by atoms with Crippen LogP contribution in [0.4, 0.5) is 5.13 Å². The van der Waals surface area contributed by atoms with E-state index in [1.54, 1.807) is 0 Å². The summed E-state index contributed by atoms with van der Waals surface area (Å²) in [6.07, 6.45) is 2.25. The number of nitrogens with one attached hydrogen (secondary N) is 2. The minimum absolute atomic E-state index is 0.0140. The van der Waals surface area contributed by atoms with Crippen LogP contribution in [-0.2, 0) is 9.59 Å². The largest absolute Gasteiger partial charge is 0.295 e. The summed E-state index contributed by atoms with van der Waals surface area (Å²) in [6, 6.07) is 0. The Bertz CT molecular complexity index is 519. The van der Waals surface area contributed by atoms with E-state index in [-0.39, 0.29) is 18.0 Å². The molecule has 8 heteroatoms. The fraction of sp³-hybridized carbons (Fsp3) is 0.444. The van der Waals surface area contributed by atoms with Crippen molar-refractivity contribution in [3.8, 4) is 0 Å². The fourth-order valence-corrected chi connectivity index (χ4v) is 2.10. The SMILES string of the molecule is O=C1CC(C(=O)Nc2nc(C3CC3)ns2)=NN1. The normalized spacial score (nSPS) is 18.8. The van der Waals surface area contributed by atoms with Crippen molar-refractivity contribution >= 4 is 34.2 Å². The Morgan fingerprint density at radius 2 is 2.29 bits per heavy atom. The van der Waals surface area contributed by atoms with Crippen LogP contribution in [0, 0.1) is 0 Å². The molecule has 0 radical (unpaired) electrons. The van der Waals surface area contributed by atoms with Gasteiger partial charge in [0.1, 0.15) is 11.5 Å². The van der Waals surface area contributed by atoms with Crippen molar-refractivity contribution < 1.29 is 9.59 Å². The van der Waals surface area contributed by atoms with Gasteiger partial charge in [0.25, 0.3) is 5.91 Å². The average molecular weight is 251 g/mol. The van der Waals surface area contributed by atoms with Crippen molar-refractivity contribution in [1.82, 2.24) is 14.8 Å². The number of carbonyl (C=O) groups excluding carboxylic acids is 2. The second-order valence-electron chi connectivity index (χ2n) is 3.96. The Kier molecular flexibility index (Phi) is 2.36. The zero-order valence-electron chi connectivity index (χ0n) is 8.77. The Morgan fingerprint density at radius 3 is 2.94 bits per heavy atom. The molecular weight excluding hydrogens is 242 g/mol. The standard InChI is InChI=1S/C9H9N5O2S/c15-6-3-5(12-13-6)8(16)11-9-10-7(14-17-9)4-1-2-4/h4H,1-3H2,(H,13,15)(H,10,11,14,16). The number of carbonyl (C=O) groups is 2. The zero-order chi connectivity index (χ0) is 11.8. The molecule has 88 valence electrons. The third-order valence-corrected chi connectivity index (χ3v) is 3.15. The van der Waals surface area contributed by atoms with Gasteiger partial charge in [-0.3, -0.25) is 14.9 Å². The highest BCUT2D eigenvalue weighted by atomic mass is 32.1. The van der Waals surface area contributed by atoms with Crippen LogP contribution in [-0.4, -0.2) is 26.9 Å². The second-order valence-corrected chi connectivity index (χ2v) is 4.71. The minimum Gasteiger partial charge on any atom is -0.295 e. The topological polar surface area (TPSA) is 96.3 Å². The summed E-state index contributed by atoms with van der Waals surface area (Å²) in [7, 11) is 0. The van der Waals surface area contributed by atoms with Crippen molar-refractivity contribution in [2.75, 3.05) is 5.32 Å². The lowest BCUT2D eigenvalue weighted by atomic mass is 10.2. The Morgan fingerprint density at radius 1 is 1.47 bits per heavy atom. The van der Waals surface area contributed by atoms with E-state index in [1.807, 2.05) is 0 Å². The Hall–Kier alpha value is -1.83. The summed E-state index contributed by atoms with van der Waals surface area (Å²) in [5, 5.41) is 6.68. The molecular formula is C9H9N5O2S. The van der Waals surface area contributed by atoms with Crippen LogP contribution in [0.2, 0.25) is 0 Å². The number of hydrogen-bond donors (Lipinski definition) is 2. The number of nitrogens with zero attached hydrogens (tertiary/aromatic N) is 3. The number of hydrazone groups is 1. The van der Waals surface area contributed by atoms with E-state index in [2.05, 4.69) is 25.2 Å². The quantitative estimate of drug-likeness (QED) is 0.803. The molecule has 7 nitrogen and oxygen atoms in total. The minimum atomic E-state index is -0.401. The van der Waals surface area contributed by atoms with Gasteiger partial charge in [-0.05, 0) is 12.8 Å². The molecule has 17 heavy (non-hydrogen) atoms. The van der Waals surface area contributed by atoms with Gasteiger partial charge in [-0.2, -0.15) is 9.47 Å². The molecule has 0 atom stereocenters. The molecule has 3 rings (SSSR count). The van der Waals surface area contributed by atoms with Gasteiger partial charge >= 0.3 is 0 Å². The lowest BCUT2D eigenvalue weighted by Gasteiger charge is -1.97. The third kappa shape index (κ3) is 2.16. The molecule has 2 aliphatic rings. The van der Waals surface area contributed by atoms with E-state index >= 15 is 0 Å². The number of rotatable bonds is 3. The molecule has 1 fully saturated rings. The third-order valence-electron chi connectivity index (χ3n) is 2.51. The average Bonchev–Trinajstić information content (AvgIpc) is 2.90. The summed E-state index contributed by atoms with van der Waals surface area (Å²) >= 11 is 1.15. The summed E-state index contributed by atoms with van der Waals surface area (Å²) < 4.78 is 4.17. The first-order valence-electron chi connectivity index (χ1n) is 5.23. The molecule has 1 aliphatic heterocycles. The van der Waals surface area contributed by atoms with Crippen molar-refractivity contribution in [3.05, 3.63) is 5.82 Å². The first kappa shape index (κ1) is 10.3. The maximum atomic E-state index is 11.7. The Balaban J connectivity index is 1.65.